The first-order chi connectivity index (χ1) is 12.0. The second-order valence-corrected chi connectivity index (χ2v) is 7.21. The number of benzene rings is 1. The lowest BCUT2D eigenvalue weighted by atomic mass is 9.85. The molecule has 1 saturated heterocycles. The standard InChI is InChI=1S/C18H23ClN2O4/c19-13-7-3-2-6-12(13)15-16(25-10-14(22)21-15)17(23)20-11-18(24)8-4-1-5-9-18/h2-3,6-7,15-16,24H,1,4-5,8-11H2,(H,20,23)(H,21,22)/t15-,16+/m1/s1. The number of ether oxygens (including phenoxy) is 1. The number of amides is 2. The zero-order valence-electron chi connectivity index (χ0n) is 14.0. The summed E-state index contributed by atoms with van der Waals surface area (Å²) in [5, 5.41) is 16.6. The van der Waals surface area contributed by atoms with Gasteiger partial charge in [0.15, 0.2) is 6.10 Å². The minimum atomic E-state index is -0.884. The van der Waals surface area contributed by atoms with Gasteiger partial charge in [0, 0.05) is 11.6 Å². The van der Waals surface area contributed by atoms with Gasteiger partial charge in [0.05, 0.1) is 11.6 Å². The number of hydrogen-bond acceptors (Lipinski definition) is 4. The molecule has 25 heavy (non-hydrogen) atoms. The Morgan fingerprint density at radius 2 is 2.04 bits per heavy atom. The number of aliphatic hydroxyl groups is 1. The van der Waals surface area contributed by atoms with E-state index in [0.717, 1.165) is 19.3 Å². The molecule has 136 valence electrons. The van der Waals surface area contributed by atoms with E-state index in [1.165, 1.54) is 0 Å². The van der Waals surface area contributed by atoms with Crippen LogP contribution in [0.5, 0.6) is 0 Å². The summed E-state index contributed by atoms with van der Waals surface area (Å²) in [5.41, 5.74) is -0.222. The van der Waals surface area contributed by atoms with Crippen LogP contribution < -0.4 is 10.6 Å². The highest BCUT2D eigenvalue weighted by molar-refractivity contribution is 6.31. The quantitative estimate of drug-likeness (QED) is 0.757. The number of morpholine rings is 1. The number of carbonyl (C=O) groups excluding carboxylic acids is 2. The first kappa shape index (κ1) is 18.2. The molecule has 0 radical (unpaired) electrons. The molecule has 2 fully saturated rings. The maximum Gasteiger partial charge on any atom is 0.251 e. The summed E-state index contributed by atoms with van der Waals surface area (Å²) < 4.78 is 5.48. The van der Waals surface area contributed by atoms with E-state index in [1.807, 2.05) is 0 Å². The van der Waals surface area contributed by atoms with Crippen LogP contribution in [0.25, 0.3) is 0 Å². The van der Waals surface area contributed by atoms with Crippen LogP contribution in [-0.2, 0) is 14.3 Å². The minimum absolute atomic E-state index is 0.177. The molecule has 1 aromatic rings. The van der Waals surface area contributed by atoms with Gasteiger partial charge in [-0.05, 0) is 24.5 Å². The lowest BCUT2D eigenvalue weighted by Crippen LogP contribution is -2.54. The van der Waals surface area contributed by atoms with E-state index < -0.39 is 17.7 Å². The summed E-state index contributed by atoms with van der Waals surface area (Å²) in [5.74, 6) is -0.649. The molecule has 1 saturated carbocycles. The lowest BCUT2D eigenvalue weighted by Gasteiger charge is -2.35. The topological polar surface area (TPSA) is 87.7 Å². The van der Waals surface area contributed by atoms with Gasteiger partial charge in [0.1, 0.15) is 6.61 Å². The van der Waals surface area contributed by atoms with Crippen LogP contribution in [0.3, 0.4) is 0 Å². The molecule has 2 amide bonds. The Kier molecular flexibility index (Phi) is 5.61. The molecule has 7 heteroatoms. The predicted octanol–water partition coefficient (Wildman–Crippen LogP) is 1.71. The van der Waals surface area contributed by atoms with Gasteiger partial charge in [-0.2, -0.15) is 0 Å². The summed E-state index contributed by atoms with van der Waals surface area (Å²) in [6.07, 6.45) is 3.52. The molecule has 2 aliphatic rings. The van der Waals surface area contributed by atoms with Crippen LogP contribution in [0.1, 0.15) is 43.7 Å². The van der Waals surface area contributed by atoms with Gasteiger partial charge in [-0.15, -0.1) is 0 Å². The van der Waals surface area contributed by atoms with E-state index in [9.17, 15) is 14.7 Å². The summed E-state index contributed by atoms with van der Waals surface area (Å²) >= 11 is 6.22. The maximum absolute atomic E-state index is 12.6. The molecule has 6 nitrogen and oxygen atoms in total. The smallest absolute Gasteiger partial charge is 0.251 e. The van der Waals surface area contributed by atoms with E-state index in [0.29, 0.717) is 23.4 Å². The number of carbonyl (C=O) groups is 2. The molecule has 0 unspecified atom stereocenters. The molecule has 0 bridgehead atoms. The molecule has 1 aliphatic carbocycles. The largest absolute Gasteiger partial charge is 0.388 e. The van der Waals surface area contributed by atoms with E-state index in [4.69, 9.17) is 16.3 Å². The second kappa shape index (κ2) is 7.72. The van der Waals surface area contributed by atoms with Gasteiger partial charge in [0.25, 0.3) is 5.91 Å². The second-order valence-electron chi connectivity index (χ2n) is 6.80. The van der Waals surface area contributed by atoms with Gasteiger partial charge >= 0.3 is 0 Å². The Bertz CT molecular complexity index is 646. The molecule has 1 aliphatic heterocycles. The van der Waals surface area contributed by atoms with Crippen LogP contribution >= 0.6 is 11.6 Å². The Morgan fingerprint density at radius 3 is 2.76 bits per heavy atom. The Morgan fingerprint density at radius 1 is 1.32 bits per heavy atom. The zero-order chi connectivity index (χ0) is 17.9. The van der Waals surface area contributed by atoms with Gasteiger partial charge < -0.3 is 20.5 Å². The van der Waals surface area contributed by atoms with E-state index >= 15 is 0 Å². The zero-order valence-corrected chi connectivity index (χ0v) is 14.7. The van der Waals surface area contributed by atoms with Crippen molar-refractivity contribution in [2.75, 3.05) is 13.2 Å². The fourth-order valence-electron chi connectivity index (χ4n) is 3.49. The predicted molar refractivity (Wildman–Crippen MR) is 93.1 cm³/mol. The third-order valence-corrected chi connectivity index (χ3v) is 5.23. The first-order valence-corrected chi connectivity index (χ1v) is 9.02. The number of nitrogens with one attached hydrogen (secondary N) is 2. The first-order valence-electron chi connectivity index (χ1n) is 8.64. The molecule has 1 aromatic carbocycles. The highest BCUT2D eigenvalue weighted by Crippen LogP contribution is 2.30. The van der Waals surface area contributed by atoms with Crippen molar-refractivity contribution >= 4 is 23.4 Å². The van der Waals surface area contributed by atoms with Gasteiger partial charge in [0.2, 0.25) is 5.91 Å². The van der Waals surface area contributed by atoms with Crippen molar-refractivity contribution < 1.29 is 19.4 Å². The van der Waals surface area contributed by atoms with Crippen molar-refractivity contribution in [3.63, 3.8) is 0 Å². The average Bonchev–Trinajstić information content (AvgIpc) is 2.61. The van der Waals surface area contributed by atoms with Crippen molar-refractivity contribution in [1.29, 1.82) is 0 Å². The molecular formula is C18H23ClN2O4. The van der Waals surface area contributed by atoms with Crippen LogP contribution in [0.15, 0.2) is 24.3 Å². The van der Waals surface area contributed by atoms with E-state index in [-0.39, 0.29) is 25.0 Å². The third kappa shape index (κ3) is 4.32. The van der Waals surface area contributed by atoms with Crippen molar-refractivity contribution in [3.8, 4) is 0 Å². The third-order valence-electron chi connectivity index (χ3n) is 4.89. The average molecular weight is 367 g/mol. The highest BCUT2D eigenvalue weighted by atomic mass is 35.5. The molecule has 1 heterocycles. The van der Waals surface area contributed by atoms with Crippen molar-refractivity contribution in [3.05, 3.63) is 34.9 Å². The van der Waals surface area contributed by atoms with Crippen LogP contribution in [0, 0.1) is 0 Å². The SMILES string of the molecule is O=C1CO[C@H](C(=O)NCC2(O)CCCCC2)[C@@H](c2ccccc2Cl)N1. The van der Waals surface area contributed by atoms with Crippen molar-refractivity contribution in [2.24, 2.45) is 0 Å². The van der Waals surface area contributed by atoms with E-state index in [2.05, 4.69) is 10.6 Å². The van der Waals surface area contributed by atoms with Gasteiger partial charge in [-0.1, -0.05) is 49.1 Å². The summed E-state index contributed by atoms with van der Waals surface area (Å²) in [7, 11) is 0. The van der Waals surface area contributed by atoms with Crippen molar-refractivity contribution in [2.45, 2.75) is 49.9 Å². The molecular weight excluding hydrogens is 344 g/mol. The lowest BCUT2D eigenvalue weighted by molar-refractivity contribution is -0.148. The molecule has 0 aromatic heterocycles. The maximum atomic E-state index is 12.6. The fraction of sp³-hybridized carbons (Fsp3) is 0.556. The van der Waals surface area contributed by atoms with Crippen LogP contribution in [-0.4, -0.2) is 41.8 Å². The number of hydrogen-bond donors (Lipinski definition) is 3. The minimum Gasteiger partial charge on any atom is -0.388 e. The molecule has 3 N–H and O–H groups in total. The van der Waals surface area contributed by atoms with E-state index in [1.54, 1.807) is 24.3 Å². The van der Waals surface area contributed by atoms with Crippen LogP contribution in [0.4, 0.5) is 0 Å². The van der Waals surface area contributed by atoms with Gasteiger partial charge in [-0.25, -0.2) is 0 Å². The van der Waals surface area contributed by atoms with Gasteiger partial charge in [-0.3, -0.25) is 9.59 Å². The Labute approximate surface area is 151 Å². The summed E-state index contributed by atoms with van der Waals surface area (Å²) in [6.45, 7) is 0.0121. The highest BCUT2D eigenvalue weighted by Gasteiger charge is 2.38. The van der Waals surface area contributed by atoms with Crippen molar-refractivity contribution in [1.82, 2.24) is 10.6 Å². The van der Waals surface area contributed by atoms with Crippen LogP contribution in [0.2, 0.25) is 5.02 Å². The summed E-state index contributed by atoms with van der Waals surface area (Å²) in [4.78, 5) is 24.4. The summed E-state index contributed by atoms with van der Waals surface area (Å²) in [6, 6.07) is 6.39. The fourth-order valence-corrected chi connectivity index (χ4v) is 3.74. The molecule has 0 spiro atoms. The molecule has 2 atom stereocenters. The normalized spacial score (nSPS) is 25.9. The monoisotopic (exact) mass is 366 g/mol. The number of rotatable bonds is 4. The Hall–Kier alpha value is -1.63. The Balaban J connectivity index is 1.70. The molecule has 3 rings (SSSR count). The number of halogens is 1.